The summed E-state index contributed by atoms with van der Waals surface area (Å²) in [6.07, 6.45) is 1.06. The van der Waals surface area contributed by atoms with E-state index in [2.05, 4.69) is 20.2 Å². The van der Waals surface area contributed by atoms with Crippen molar-refractivity contribution in [3.8, 4) is 10.6 Å². The Bertz CT molecular complexity index is 984. The van der Waals surface area contributed by atoms with Crippen LogP contribution in [0.1, 0.15) is 10.4 Å². The number of hydrogen-bond acceptors (Lipinski definition) is 6. The molecule has 7 nitrogen and oxygen atoms in total. The van der Waals surface area contributed by atoms with Crippen LogP contribution in [0.2, 0.25) is 0 Å². The number of carbonyl (C=O) groups is 1. The van der Waals surface area contributed by atoms with Crippen LogP contribution in [-0.4, -0.2) is 30.8 Å². The maximum Gasteiger partial charge on any atom is 0.257 e. The monoisotopic (exact) mass is 374 g/mol. The summed E-state index contributed by atoms with van der Waals surface area (Å²) in [5.74, 6) is -0.346. The molecule has 0 aliphatic rings. The van der Waals surface area contributed by atoms with Gasteiger partial charge in [0.1, 0.15) is 5.01 Å². The Kier molecular flexibility index (Phi) is 4.77. The van der Waals surface area contributed by atoms with E-state index in [0.717, 1.165) is 11.8 Å². The summed E-state index contributed by atoms with van der Waals surface area (Å²) < 4.78 is 24.7. The van der Waals surface area contributed by atoms with E-state index in [1.165, 1.54) is 35.6 Å². The molecule has 3 rings (SSSR count). The molecule has 0 bridgehead atoms. The molecule has 0 atom stereocenters. The zero-order valence-electron chi connectivity index (χ0n) is 13.1. The molecule has 1 aromatic heterocycles. The zero-order valence-corrected chi connectivity index (χ0v) is 14.8. The molecule has 2 N–H and O–H groups in total. The Labute approximate surface area is 148 Å². The maximum atomic E-state index is 12.2. The number of rotatable bonds is 5. The molecule has 9 heteroatoms. The Balaban J connectivity index is 1.69. The van der Waals surface area contributed by atoms with Gasteiger partial charge in [0.2, 0.25) is 15.2 Å². The number of nitrogens with zero attached hydrogens (tertiary/aromatic N) is 2. The number of aromatic nitrogens is 2. The molecule has 0 saturated carbocycles. The van der Waals surface area contributed by atoms with Gasteiger partial charge < -0.3 is 0 Å². The first-order valence-corrected chi connectivity index (χ1v) is 9.90. The van der Waals surface area contributed by atoms with E-state index in [0.29, 0.717) is 21.4 Å². The van der Waals surface area contributed by atoms with Crippen LogP contribution in [0.4, 0.5) is 10.8 Å². The summed E-state index contributed by atoms with van der Waals surface area (Å²) in [6, 6.07) is 15.7. The van der Waals surface area contributed by atoms with Gasteiger partial charge in [0.15, 0.2) is 0 Å². The van der Waals surface area contributed by atoms with Crippen LogP contribution in [0.15, 0.2) is 54.6 Å². The fourth-order valence-electron chi connectivity index (χ4n) is 2.04. The molecule has 0 aliphatic heterocycles. The predicted molar refractivity (Wildman–Crippen MR) is 98.2 cm³/mol. The minimum Gasteiger partial charge on any atom is -0.296 e. The fraction of sp³-hybridized carbons (Fsp3) is 0.0625. The van der Waals surface area contributed by atoms with Crippen molar-refractivity contribution in [1.82, 2.24) is 10.2 Å². The lowest BCUT2D eigenvalue weighted by atomic mass is 10.2. The van der Waals surface area contributed by atoms with Gasteiger partial charge in [-0.1, -0.05) is 41.7 Å². The number of hydrogen-bond donors (Lipinski definition) is 2. The lowest BCUT2D eigenvalue weighted by molar-refractivity contribution is 0.102. The normalized spacial score (nSPS) is 11.1. The van der Waals surface area contributed by atoms with Gasteiger partial charge in [0.25, 0.3) is 5.91 Å². The molecule has 25 heavy (non-hydrogen) atoms. The van der Waals surface area contributed by atoms with Crippen molar-refractivity contribution >= 4 is 38.1 Å². The van der Waals surface area contributed by atoms with Crippen LogP contribution < -0.4 is 10.0 Å². The molecular weight excluding hydrogens is 360 g/mol. The second-order valence-electron chi connectivity index (χ2n) is 5.18. The van der Waals surface area contributed by atoms with Gasteiger partial charge in [-0.25, -0.2) is 8.42 Å². The van der Waals surface area contributed by atoms with E-state index >= 15 is 0 Å². The van der Waals surface area contributed by atoms with E-state index in [1.54, 1.807) is 0 Å². The Morgan fingerprint density at radius 1 is 1.00 bits per heavy atom. The van der Waals surface area contributed by atoms with Crippen molar-refractivity contribution in [1.29, 1.82) is 0 Å². The van der Waals surface area contributed by atoms with Crippen molar-refractivity contribution in [2.24, 2.45) is 0 Å². The molecule has 128 valence electrons. The van der Waals surface area contributed by atoms with Gasteiger partial charge in [0.05, 0.1) is 6.26 Å². The number of sulfonamides is 1. The zero-order chi connectivity index (χ0) is 17.9. The molecule has 1 amide bonds. The third-order valence-corrected chi connectivity index (χ3v) is 4.61. The lowest BCUT2D eigenvalue weighted by Crippen LogP contribution is -2.12. The molecule has 0 fully saturated rings. The highest BCUT2D eigenvalue weighted by Gasteiger charge is 2.11. The van der Waals surface area contributed by atoms with Crippen molar-refractivity contribution in [2.75, 3.05) is 16.3 Å². The SMILES string of the molecule is CS(=O)(=O)Nc1ccc(C(=O)Nc2nnc(-c3ccccc3)s2)cc1. The number of anilines is 2. The van der Waals surface area contributed by atoms with Gasteiger partial charge in [-0.05, 0) is 24.3 Å². The van der Waals surface area contributed by atoms with Gasteiger partial charge in [-0.3, -0.25) is 14.8 Å². The Morgan fingerprint density at radius 2 is 1.68 bits per heavy atom. The number of benzene rings is 2. The summed E-state index contributed by atoms with van der Waals surface area (Å²) in [6.45, 7) is 0. The van der Waals surface area contributed by atoms with Crippen LogP contribution >= 0.6 is 11.3 Å². The number of amides is 1. The van der Waals surface area contributed by atoms with Crippen LogP contribution in [0.5, 0.6) is 0 Å². The smallest absolute Gasteiger partial charge is 0.257 e. The highest BCUT2D eigenvalue weighted by Crippen LogP contribution is 2.26. The third kappa shape index (κ3) is 4.61. The summed E-state index contributed by atoms with van der Waals surface area (Å²) in [5.41, 5.74) is 1.70. The van der Waals surface area contributed by atoms with Crippen molar-refractivity contribution in [2.45, 2.75) is 0 Å². The average Bonchev–Trinajstić information content (AvgIpc) is 3.03. The largest absolute Gasteiger partial charge is 0.296 e. The first-order valence-electron chi connectivity index (χ1n) is 7.19. The van der Waals surface area contributed by atoms with Crippen LogP contribution in [-0.2, 0) is 10.0 Å². The Morgan fingerprint density at radius 3 is 2.32 bits per heavy atom. The lowest BCUT2D eigenvalue weighted by Gasteiger charge is -2.05. The number of carbonyl (C=O) groups excluding carboxylic acids is 1. The topological polar surface area (TPSA) is 101 Å². The van der Waals surface area contributed by atoms with Crippen LogP contribution in [0, 0.1) is 0 Å². The predicted octanol–water partition coefficient (Wildman–Crippen LogP) is 2.83. The third-order valence-electron chi connectivity index (χ3n) is 3.12. The molecule has 0 saturated heterocycles. The highest BCUT2D eigenvalue weighted by atomic mass is 32.2. The van der Waals surface area contributed by atoms with Crippen molar-refractivity contribution in [3.63, 3.8) is 0 Å². The van der Waals surface area contributed by atoms with Crippen LogP contribution in [0.25, 0.3) is 10.6 Å². The van der Waals surface area contributed by atoms with E-state index < -0.39 is 10.0 Å². The summed E-state index contributed by atoms with van der Waals surface area (Å²) >= 11 is 1.27. The molecule has 0 radical (unpaired) electrons. The molecule has 2 aromatic carbocycles. The Hall–Kier alpha value is -2.78. The summed E-state index contributed by atoms with van der Waals surface area (Å²) in [5, 5.41) is 11.8. The molecule has 3 aromatic rings. The molecule has 0 aliphatic carbocycles. The van der Waals surface area contributed by atoms with Gasteiger partial charge in [-0.2, -0.15) is 0 Å². The standard InChI is InChI=1S/C16H14N4O3S2/c1-25(22,23)20-13-9-7-11(8-10-13)14(21)17-16-19-18-15(24-16)12-5-3-2-4-6-12/h2-10,20H,1H3,(H,17,19,21). The van der Waals surface area contributed by atoms with Gasteiger partial charge in [0, 0.05) is 16.8 Å². The van der Waals surface area contributed by atoms with E-state index in [9.17, 15) is 13.2 Å². The molecule has 1 heterocycles. The first kappa shape index (κ1) is 17.1. The first-order chi connectivity index (χ1) is 11.9. The number of nitrogens with one attached hydrogen (secondary N) is 2. The molecule has 0 unspecified atom stereocenters. The summed E-state index contributed by atoms with van der Waals surface area (Å²) in [4.78, 5) is 12.2. The minimum atomic E-state index is -3.35. The van der Waals surface area contributed by atoms with E-state index in [-0.39, 0.29) is 5.91 Å². The minimum absolute atomic E-state index is 0.346. The van der Waals surface area contributed by atoms with E-state index in [1.807, 2.05) is 30.3 Å². The van der Waals surface area contributed by atoms with Crippen molar-refractivity contribution < 1.29 is 13.2 Å². The van der Waals surface area contributed by atoms with Crippen molar-refractivity contribution in [3.05, 3.63) is 60.2 Å². The van der Waals surface area contributed by atoms with Crippen LogP contribution in [0.3, 0.4) is 0 Å². The average molecular weight is 374 g/mol. The quantitative estimate of drug-likeness (QED) is 0.715. The second kappa shape index (κ2) is 6.99. The highest BCUT2D eigenvalue weighted by molar-refractivity contribution is 7.92. The van der Waals surface area contributed by atoms with Gasteiger partial charge >= 0.3 is 0 Å². The van der Waals surface area contributed by atoms with Gasteiger partial charge in [-0.15, -0.1) is 10.2 Å². The van der Waals surface area contributed by atoms with E-state index in [4.69, 9.17) is 0 Å². The maximum absolute atomic E-state index is 12.2. The second-order valence-corrected chi connectivity index (χ2v) is 7.91. The molecule has 0 spiro atoms. The molecular formula is C16H14N4O3S2. The summed E-state index contributed by atoms with van der Waals surface area (Å²) in [7, 11) is -3.35. The fourth-order valence-corrected chi connectivity index (χ4v) is 3.35.